The van der Waals surface area contributed by atoms with Crippen molar-refractivity contribution in [1.29, 1.82) is 0 Å². The summed E-state index contributed by atoms with van der Waals surface area (Å²) in [4.78, 5) is 0. The van der Waals surface area contributed by atoms with Gasteiger partial charge in [0.1, 0.15) is 0 Å². The number of hydrogen-bond acceptors (Lipinski definition) is 1. The largest absolute Gasteiger partial charge is 1.00 e. The summed E-state index contributed by atoms with van der Waals surface area (Å²) in [5, 5.41) is 11.0. The molecule has 1 atom stereocenters. The summed E-state index contributed by atoms with van der Waals surface area (Å²) in [6.45, 7) is 7.09. The zero-order valence-corrected chi connectivity index (χ0v) is 6.61. The first-order chi connectivity index (χ1) is 3.62. The molecule has 9 heavy (non-hydrogen) atoms. The predicted molar refractivity (Wildman–Crippen MR) is 33.5 cm³/mol. The van der Waals surface area contributed by atoms with E-state index in [9.17, 15) is 5.11 Å². The van der Waals surface area contributed by atoms with Crippen molar-refractivity contribution in [2.24, 2.45) is 0 Å². The minimum absolute atomic E-state index is 0. The third-order valence-corrected chi connectivity index (χ3v) is 1.18. The zero-order chi connectivity index (χ0) is 6.62. The Morgan fingerprint density at radius 2 is 2.11 bits per heavy atom. The van der Waals surface area contributed by atoms with Gasteiger partial charge in [-0.1, -0.05) is 32.3 Å². The molecule has 0 aromatic carbocycles. The van der Waals surface area contributed by atoms with E-state index < -0.39 is 5.60 Å². The Bertz CT molecular complexity index is 79.0. The van der Waals surface area contributed by atoms with Gasteiger partial charge in [-0.3, -0.25) is 0 Å². The molecule has 0 aliphatic rings. The molecule has 1 nitrogen and oxygen atoms in total. The van der Waals surface area contributed by atoms with Gasteiger partial charge in [-0.05, 0) is 0 Å². The zero-order valence-electron chi connectivity index (χ0n) is 6.61. The molecular formula is C7H13LiO. The van der Waals surface area contributed by atoms with Gasteiger partial charge < -0.3 is 5.11 Å². The van der Waals surface area contributed by atoms with Gasteiger partial charge in [0.05, 0.1) is 0 Å². The Hall–Kier alpha value is 0.297. The van der Waals surface area contributed by atoms with Crippen molar-refractivity contribution >= 4 is 0 Å². The summed E-state index contributed by atoms with van der Waals surface area (Å²) in [6.07, 6.45) is 3.10. The monoisotopic (exact) mass is 120 g/mol. The van der Waals surface area contributed by atoms with Gasteiger partial charge in [0.25, 0.3) is 0 Å². The maximum absolute atomic E-state index is 11.0. The van der Waals surface area contributed by atoms with Crippen LogP contribution in [0.3, 0.4) is 0 Å². The van der Waals surface area contributed by atoms with Crippen LogP contribution in [0.5, 0.6) is 0 Å². The van der Waals surface area contributed by atoms with Gasteiger partial charge in [-0.15, -0.1) is 12.7 Å². The van der Waals surface area contributed by atoms with Crippen LogP contribution in [0, 0.1) is 0 Å². The molecule has 0 aliphatic heterocycles. The second-order valence-electron chi connectivity index (χ2n) is 2.27. The summed E-state index contributed by atoms with van der Waals surface area (Å²) < 4.78 is 0. The fourth-order valence-corrected chi connectivity index (χ4v) is 0.598. The molecule has 48 valence electrons. The third kappa shape index (κ3) is 6.18. The minimum atomic E-state index is -0.894. The summed E-state index contributed by atoms with van der Waals surface area (Å²) in [5.74, 6) is 0. The van der Waals surface area contributed by atoms with Crippen molar-refractivity contribution in [3.8, 4) is 0 Å². The molecule has 0 saturated carbocycles. The van der Waals surface area contributed by atoms with Crippen molar-refractivity contribution < 1.29 is 24.0 Å². The second kappa shape index (κ2) is 5.11. The Morgan fingerprint density at radius 3 is 2.22 bits per heavy atom. The van der Waals surface area contributed by atoms with Crippen LogP contribution in [0.2, 0.25) is 0 Å². The third-order valence-electron chi connectivity index (χ3n) is 1.18. The molecule has 0 aromatic rings. The van der Waals surface area contributed by atoms with Crippen LogP contribution in [-0.4, -0.2) is 5.60 Å². The molecule has 0 rings (SSSR count). The average molecular weight is 120 g/mol. The first-order valence-electron chi connectivity index (χ1n) is 2.96. The van der Waals surface area contributed by atoms with Crippen molar-refractivity contribution in [3.63, 3.8) is 0 Å². The standard InChI is InChI=1S/C7H13O.Li/c1-4-6-7(3,8)5-2;/h5H,2,4,6H2,1,3H3;/q-1;+1. The smallest absolute Gasteiger partial charge is 0.847 e. The van der Waals surface area contributed by atoms with Gasteiger partial charge in [-0.25, -0.2) is 0 Å². The van der Waals surface area contributed by atoms with Crippen LogP contribution in [0.4, 0.5) is 0 Å². The van der Waals surface area contributed by atoms with E-state index in [0.717, 1.165) is 6.42 Å². The van der Waals surface area contributed by atoms with Gasteiger partial charge in [-0.2, -0.15) is 0 Å². The fourth-order valence-electron chi connectivity index (χ4n) is 0.598. The van der Waals surface area contributed by atoms with Crippen molar-refractivity contribution in [3.05, 3.63) is 12.7 Å². The van der Waals surface area contributed by atoms with Crippen LogP contribution < -0.4 is 24.0 Å². The molecule has 0 spiro atoms. The fraction of sp³-hybridized carbons (Fsp3) is 0.714. The first-order valence-corrected chi connectivity index (χ1v) is 2.96. The van der Waals surface area contributed by atoms with E-state index in [4.69, 9.17) is 0 Å². The number of hydrogen-bond donors (Lipinski definition) is 0. The molecule has 2 heteroatoms. The SMILES string of the molecule is C=CC(C)([O-])CCC.[Li+]. The van der Waals surface area contributed by atoms with Crippen LogP contribution in [0.25, 0.3) is 0 Å². The molecule has 0 radical (unpaired) electrons. The predicted octanol–water partition coefficient (Wildman–Crippen LogP) is -1.90. The Morgan fingerprint density at radius 1 is 1.67 bits per heavy atom. The Labute approximate surface area is 69.3 Å². The molecule has 0 aromatic heterocycles. The van der Waals surface area contributed by atoms with Gasteiger partial charge in [0, 0.05) is 0 Å². The number of rotatable bonds is 3. The van der Waals surface area contributed by atoms with Crippen LogP contribution in [0.15, 0.2) is 12.7 Å². The van der Waals surface area contributed by atoms with E-state index in [1.807, 2.05) is 6.92 Å². The van der Waals surface area contributed by atoms with Crippen molar-refractivity contribution in [1.82, 2.24) is 0 Å². The Balaban J connectivity index is 0. The van der Waals surface area contributed by atoms with E-state index in [-0.39, 0.29) is 18.9 Å². The topological polar surface area (TPSA) is 23.1 Å². The van der Waals surface area contributed by atoms with Crippen molar-refractivity contribution in [2.45, 2.75) is 32.3 Å². The minimum Gasteiger partial charge on any atom is -0.847 e. The Kier molecular flexibility index (Phi) is 6.83. The molecule has 0 bridgehead atoms. The van der Waals surface area contributed by atoms with Gasteiger partial charge >= 0.3 is 18.9 Å². The van der Waals surface area contributed by atoms with E-state index in [0.29, 0.717) is 6.42 Å². The molecule has 1 unspecified atom stereocenters. The molecule has 0 aliphatic carbocycles. The molecule has 0 amide bonds. The van der Waals surface area contributed by atoms with E-state index in [1.54, 1.807) is 6.92 Å². The normalized spacial score (nSPS) is 15.4. The quantitative estimate of drug-likeness (QED) is 0.315. The van der Waals surface area contributed by atoms with Crippen LogP contribution in [-0.2, 0) is 0 Å². The summed E-state index contributed by atoms with van der Waals surface area (Å²) in [6, 6.07) is 0. The summed E-state index contributed by atoms with van der Waals surface area (Å²) in [5.41, 5.74) is -0.894. The maximum atomic E-state index is 11.0. The summed E-state index contributed by atoms with van der Waals surface area (Å²) >= 11 is 0. The van der Waals surface area contributed by atoms with E-state index in [2.05, 4.69) is 6.58 Å². The second-order valence-corrected chi connectivity index (χ2v) is 2.27. The summed E-state index contributed by atoms with van der Waals surface area (Å²) in [7, 11) is 0. The maximum Gasteiger partial charge on any atom is 1.00 e. The van der Waals surface area contributed by atoms with Gasteiger partial charge in [0.2, 0.25) is 0 Å². The van der Waals surface area contributed by atoms with E-state index in [1.165, 1.54) is 6.08 Å². The van der Waals surface area contributed by atoms with Crippen LogP contribution >= 0.6 is 0 Å². The molecule has 0 N–H and O–H groups in total. The molecule has 0 fully saturated rings. The van der Waals surface area contributed by atoms with Gasteiger partial charge in [0.15, 0.2) is 0 Å². The van der Waals surface area contributed by atoms with Crippen molar-refractivity contribution in [2.75, 3.05) is 0 Å². The molecule has 0 heterocycles. The van der Waals surface area contributed by atoms with Crippen LogP contribution in [0.1, 0.15) is 26.7 Å². The first kappa shape index (κ1) is 12.0. The van der Waals surface area contributed by atoms with E-state index >= 15 is 0 Å². The molecular weight excluding hydrogens is 107 g/mol. The average Bonchev–Trinajstić information content (AvgIpc) is 1.67. The molecule has 0 saturated heterocycles.